The molecule has 1 aromatic carbocycles. The zero-order valence-electron chi connectivity index (χ0n) is 9.20. The van der Waals surface area contributed by atoms with Gasteiger partial charge >= 0.3 is 0 Å². The third-order valence-corrected chi connectivity index (χ3v) is 3.51. The van der Waals surface area contributed by atoms with E-state index < -0.39 is 11.6 Å². The highest BCUT2D eigenvalue weighted by molar-refractivity contribution is 9.10. The first-order valence-corrected chi connectivity index (χ1v) is 6.17. The van der Waals surface area contributed by atoms with Crippen LogP contribution in [0.1, 0.15) is 5.56 Å². The van der Waals surface area contributed by atoms with Crippen molar-refractivity contribution in [1.29, 1.82) is 0 Å². The Balaban J connectivity index is 2.10. The quantitative estimate of drug-likeness (QED) is 0.757. The van der Waals surface area contributed by atoms with Crippen LogP contribution in [0, 0.1) is 11.6 Å². The third-order valence-electron chi connectivity index (χ3n) is 2.91. The lowest BCUT2D eigenvalue weighted by Crippen LogP contribution is -2.16. The summed E-state index contributed by atoms with van der Waals surface area (Å²) in [5, 5.41) is 0. The summed E-state index contributed by atoms with van der Waals surface area (Å²) in [6.07, 6.45) is 3.84. The van der Waals surface area contributed by atoms with Gasteiger partial charge in [-0.1, -0.05) is 0 Å². The number of rotatable bonds is 1. The van der Waals surface area contributed by atoms with Gasteiger partial charge in [0.1, 0.15) is 23.8 Å². The Kier molecular flexibility index (Phi) is 2.74. The molecule has 18 heavy (non-hydrogen) atoms. The SMILES string of the molecule is Fc1cc(N2CCc3cncnc32)c(F)cc1Br. The van der Waals surface area contributed by atoms with Gasteiger partial charge in [0.05, 0.1) is 10.2 Å². The fourth-order valence-corrected chi connectivity index (χ4v) is 2.38. The first kappa shape index (κ1) is 11.5. The second-order valence-electron chi connectivity index (χ2n) is 3.99. The number of anilines is 2. The van der Waals surface area contributed by atoms with Gasteiger partial charge in [-0.2, -0.15) is 0 Å². The van der Waals surface area contributed by atoms with Crippen LogP contribution in [0.15, 0.2) is 29.1 Å². The number of fused-ring (bicyclic) bond motifs is 1. The van der Waals surface area contributed by atoms with Crippen molar-refractivity contribution in [3.8, 4) is 0 Å². The molecule has 0 N–H and O–H groups in total. The van der Waals surface area contributed by atoms with Crippen molar-refractivity contribution in [2.75, 3.05) is 11.4 Å². The van der Waals surface area contributed by atoms with Gasteiger partial charge in [-0.3, -0.25) is 0 Å². The lowest BCUT2D eigenvalue weighted by molar-refractivity contribution is 0.593. The average molecular weight is 312 g/mol. The van der Waals surface area contributed by atoms with E-state index in [9.17, 15) is 8.78 Å². The Hall–Kier alpha value is -1.56. The van der Waals surface area contributed by atoms with Gasteiger partial charge in [-0.15, -0.1) is 0 Å². The summed E-state index contributed by atoms with van der Waals surface area (Å²) < 4.78 is 27.5. The molecule has 0 bridgehead atoms. The van der Waals surface area contributed by atoms with Crippen LogP contribution in [-0.2, 0) is 6.42 Å². The third kappa shape index (κ3) is 1.77. The Bertz CT molecular complexity index is 618. The maximum atomic E-state index is 13.9. The molecule has 0 saturated heterocycles. The fraction of sp³-hybridized carbons (Fsp3) is 0.167. The molecule has 0 aliphatic carbocycles. The normalized spacial score (nSPS) is 13.8. The molecule has 0 atom stereocenters. The molecule has 2 aromatic rings. The van der Waals surface area contributed by atoms with Gasteiger partial charge in [-0.05, 0) is 28.4 Å². The summed E-state index contributed by atoms with van der Waals surface area (Å²) in [6, 6.07) is 2.31. The number of nitrogens with zero attached hydrogens (tertiary/aromatic N) is 3. The zero-order chi connectivity index (χ0) is 12.7. The van der Waals surface area contributed by atoms with E-state index in [-0.39, 0.29) is 10.2 Å². The maximum absolute atomic E-state index is 13.9. The highest BCUT2D eigenvalue weighted by Gasteiger charge is 2.25. The second kappa shape index (κ2) is 4.28. The highest BCUT2D eigenvalue weighted by atomic mass is 79.9. The van der Waals surface area contributed by atoms with Crippen LogP contribution in [0.4, 0.5) is 20.3 Å². The molecule has 92 valence electrons. The predicted octanol–water partition coefficient (Wildman–Crippen LogP) is 3.21. The topological polar surface area (TPSA) is 29.0 Å². The number of aromatic nitrogens is 2. The molecule has 1 aliphatic rings. The molecular formula is C12H8BrF2N3. The highest BCUT2D eigenvalue weighted by Crippen LogP contribution is 2.35. The van der Waals surface area contributed by atoms with Crippen molar-refractivity contribution in [2.45, 2.75) is 6.42 Å². The summed E-state index contributed by atoms with van der Waals surface area (Å²) in [7, 11) is 0. The summed E-state index contributed by atoms with van der Waals surface area (Å²) in [4.78, 5) is 9.72. The van der Waals surface area contributed by atoms with E-state index in [4.69, 9.17) is 0 Å². The van der Waals surface area contributed by atoms with Crippen LogP contribution >= 0.6 is 15.9 Å². The van der Waals surface area contributed by atoms with E-state index in [1.54, 1.807) is 11.1 Å². The number of hydrogen-bond donors (Lipinski definition) is 0. The molecule has 1 aromatic heterocycles. The second-order valence-corrected chi connectivity index (χ2v) is 4.85. The maximum Gasteiger partial charge on any atom is 0.148 e. The van der Waals surface area contributed by atoms with E-state index in [1.165, 1.54) is 12.4 Å². The first-order chi connectivity index (χ1) is 8.66. The molecule has 0 amide bonds. The summed E-state index contributed by atoms with van der Waals surface area (Å²) in [6.45, 7) is 0.575. The minimum absolute atomic E-state index is 0.117. The fourth-order valence-electron chi connectivity index (χ4n) is 2.06. The number of hydrogen-bond acceptors (Lipinski definition) is 3. The Morgan fingerprint density at radius 3 is 2.89 bits per heavy atom. The van der Waals surface area contributed by atoms with Gasteiger partial charge in [0.25, 0.3) is 0 Å². The molecule has 3 nitrogen and oxygen atoms in total. The Morgan fingerprint density at radius 1 is 1.22 bits per heavy atom. The molecule has 2 heterocycles. The molecule has 0 unspecified atom stereocenters. The van der Waals surface area contributed by atoms with Gasteiger partial charge in [0.2, 0.25) is 0 Å². The summed E-state index contributed by atoms with van der Waals surface area (Å²) in [5.74, 6) is -0.325. The van der Waals surface area contributed by atoms with Crippen molar-refractivity contribution in [3.05, 3.63) is 46.3 Å². The molecule has 6 heteroatoms. The number of benzene rings is 1. The van der Waals surface area contributed by atoms with E-state index in [0.717, 1.165) is 18.1 Å². The standard InChI is InChI=1S/C12H8BrF2N3/c13-8-3-10(15)11(4-9(8)14)18-2-1-7-5-16-6-17-12(7)18/h3-6H,1-2H2. The number of halogens is 3. The van der Waals surface area contributed by atoms with Crippen LogP contribution in [0.3, 0.4) is 0 Å². The monoisotopic (exact) mass is 311 g/mol. The molecule has 1 aliphatic heterocycles. The van der Waals surface area contributed by atoms with Crippen LogP contribution in [-0.4, -0.2) is 16.5 Å². The first-order valence-electron chi connectivity index (χ1n) is 5.38. The van der Waals surface area contributed by atoms with Crippen molar-refractivity contribution in [3.63, 3.8) is 0 Å². The minimum atomic E-state index is -0.492. The largest absolute Gasteiger partial charge is 0.323 e. The molecule has 0 radical (unpaired) electrons. The summed E-state index contributed by atoms with van der Waals surface area (Å²) >= 11 is 2.96. The lowest BCUT2D eigenvalue weighted by Gasteiger charge is -2.19. The van der Waals surface area contributed by atoms with Crippen LogP contribution in [0.2, 0.25) is 0 Å². The molecule has 3 rings (SSSR count). The summed E-state index contributed by atoms with van der Waals surface area (Å²) in [5.41, 5.74) is 1.15. The molecule has 0 fully saturated rings. The van der Waals surface area contributed by atoms with E-state index in [2.05, 4.69) is 25.9 Å². The van der Waals surface area contributed by atoms with Crippen molar-refractivity contribution >= 4 is 27.4 Å². The van der Waals surface area contributed by atoms with Gasteiger partial charge in [0, 0.05) is 24.4 Å². The van der Waals surface area contributed by atoms with Crippen LogP contribution in [0.5, 0.6) is 0 Å². The van der Waals surface area contributed by atoms with Crippen molar-refractivity contribution < 1.29 is 8.78 Å². The van der Waals surface area contributed by atoms with Gasteiger partial charge in [-0.25, -0.2) is 18.7 Å². The van der Waals surface area contributed by atoms with E-state index in [0.29, 0.717) is 12.4 Å². The van der Waals surface area contributed by atoms with Crippen molar-refractivity contribution in [2.24, 2.45) is 0 Å². The smallest absolute Gasteiger partial charge is 0.148 e. The predicted molar refractivity (Wildman–Crippen MR) is 66.8 cm³/mol. The van der Waals surface area contributed by atoms with Crippen molar-refractivity contribution in [1.82, 2.24) is 9.97 Å². The molecule has 0 saturated carbocycles. The van der Waals surface area contributed by atoms with Crippen LogP contribution < -0.4 is 4.90 Å². The van der Waals surface area contributed by atoms with Gasteiger partial charge < -0.3 is 4.90 Å². The van der Waals surface area contributed by atoms with Gasteiger partial charge in [0.15, 0.2) is 0 Å². The van der Waals surface area contributed by atoms with E-state index in [1.807, 2.05) is 0 Å². The molecular weight excluding hydrogens is 304 g/mol. The van der Waals surface area contributed by atoms with E-state index >= 15 is 0 Å². The zero-order valence-corrected chi connectivity index (χ0v) is 10.8. The Labute approximate surface area is 111 Å². The average Bonchev–Trinajstić information content (AvgIpc) is 2.78. The molecule has 0 spiro atoms. The minimum Gasteiger partial charge on any atom is -0.323 e. The Morgan fingerprint density at radius 2 is 2.06 bits per heavy atom. The lowest BCUT2D eigenvalue weighted by atomic mass is 10.2. The van der Waals surface area contributed by atoms with Crippen LogP contribution in [0.25, 0.3) is 0 Å².